The summed E-state index contributed by atoms with van der Waals surface area (Å²) in [6, 6.07) is 0.540. The molecule has 0 bridgehead atoms. The van der Waals surface area contributed by atoms with Gasteiger partial charge in [-0.25, -0.2) is 0 Å². The second-order valence-corrected chi connectivity index (χ2v) is 5.14. The maximum atomic E-state index is 5.29. The Morgan fingerprint density at radius 3 is 2.24 bits per heavy atom. The van der Waals surface area contributed by atoms with Crippen molar-refractivity contribution in [3.63, 3.8) is 0 Å². The average molecular weight is 244 g/mol. The number of piperidine rings is 1. The molecule has 0 unspecified atom stereocenters. The van der Waals surface area contributed by atoms with Gasteiger partial charge in [-0.1, -0.05) is 0 Å². The van der Waals surface area contributed by atoms with Crippen LogP contribution in [0.25, 0.3) is 0 Å². The van der Waals surface area contributed by atoms with Crippen LogP contribution in [0.1, 0.15) is 26.7 Å². The van der Waals surface area contributed by atoms with E-state index >= 15 is 0 Å². The molecule has 1 fully saturated rings. The molecule has 0 saturated carbocycles. The van der Waals surface area contributed by atoms with Gasteiger partial charge in [-0.05, 0) is 45.7 Å². The SMILES string of the molecule is COC(CN(CC1CCNCC1)C(C)C)OC. The van der Waals surface area contributed by atoms with Crippen molar-refractivity contribution in [2.45, 2.75) is 39.0 Å². The minimum Gasteiger partial charge on any atom is -0.355 e. The third-order valence-corrected chi connectivity index (χ3v) is 3.59. The van der Waals surface area contributed by atoms with E-state index in [4.69, 9.17) is 9.47 Å². The first-order valence-electron chi connectivity index (χ1n) is 6.67. The minimum atomic E-state index is -0.112. The molecule has 4 nitrogen and oxygen atoms in total. The van der Waals surface area contributed by atoms with Gasteiger partial charge in [0.1, 0.15) is 0 Å². The first kappa shape index (κ1) is 14.9. The topological polar surface area (TPSA) is 33.7 Å². The number of nitrogens with one attached hydrogen (secondary N) is 1. The van der Waals surface area contributed by atoms with Crippen molar-refractivity contribution < 1.29 is 9.47 Å². The van der Waals surface area contributed by atoms with Crippen LogP contribution < -0.4 is 5.32 Å². The van der Waals surface area contributed by atoms with Crippen LogP contribution in [0.5, 0.6) is 0 Å². The van der Waals surface area contributed by atoms with Crippen LogP contribution in [-0.4, -0.2) is 57.6 Å². The predicted octanol–water partition coefficient (Wildman–Crippen LogP) is 1.32. The molecular weight excluding hydrogens is 216 g/mol. The van der Waals surface area contributed by atoms with E-state index in [-0.39, 0.29) is 6.29 Å². The van der Waals surface area contributed by atoms with Gasteiger partial charge >= 0.3 is 0 Å². The molecule has 1 heterocycles. The third-order valence-electron chi connectivity index (χ3n) is 3.59. The molecule has 0 amide bonds. The van der Waals surface area contributed by atoms with Crippen molar-refractivity contribution in [2.24, 2.45) is 5.92 Å². The largest absolute Gasteiger partial charge is 0.355 e. The first-order chi connectivity index (χ1) is 8.17. The normalized spacial score (nSPS) is 18.5. The van der Waals surface area contributed by atoms with E-state index in [0.29, 0.717) is 6.04 Å². The van der Waals surface area contributed by atoms with Crippen molar-refractivity contribution in [1.29, 1.82) is 0 Å². The highest BCUT2D eigenvalue weighted by Gasteiger charge is 2.21. The zero-order valence-electron chi connectivity index (χ0n) is 11.7. The summed E-state index contributed by atoms with van der Waals surface area (Å²) in [5.41, 5.74) is 0. The molecule has 0 aromatic carbocycles. The van der Waals surface area contributed by atoms with Gasteiger partial charge in [0, 0.05) is 33.4 Å². The molecule has 0 radical (unpaired) electrons. The van der Waals surface area contributed by atoms with Gasteiger partial charge in [0.2, 0.25) is 0 Å². The fourth-order valence-electron chi connectivity index (χ4n) is 2.33. The van der Waals surface area contributed by atoms with E-state index in [1.165, 1.54) is 12.8 Å². The van der Waals surface area contributed by atoms with Gasteiger partial charge in [0.15, 0.2) is 6.29 Å². The highest BCUT2D eigenvalue weighted by atomic mass is 16.7. The monoisotopic (exact) mass is 244 g/mol. The molecule has 0 spiro atoms. The lowest BCUT2D eigenvalue weighted by Gasteiger charge is -2.34. The number of rotatable bonds is 7. The fraction of sp³-hybridized carbons (Fsp3) is 1.00. The first-order valence-corrected chi connectivity index (χ1v) is 6.67. The standard InChI is InChI=1S/C13H28N2O2/c1-11(2)15(10-13(16-3)17-4)9-12-5-7-14-8-6-12/h11-14H,5-10H2,1-4H3. The van der Waals surface area contributed by atoms with Crippen molar-refractivity contribution >= 4 is 0 Å². The van der Waals surface area contributed by atoms with Crippen LogP contribution in [0.4, 0.5) is 0 Å². The lowest BCUT2D eigenvalue weighted by molar-refractivity contribution is -0.121. The Morgan fingerprint density at radius 1 is 1.18 bits per heavy atom. The van der Waals surface area contributed by atoms with E-state index in [1.54, 1.807) is 14.2 Å². The number of methoxy groups -OCH3 is 2. The maximum absolute atomic E-state index is 5.29. The van der Waals surface area contributed by atoms with E-state index in [1.807, 2.05) is 0 Å². The Labute approximate surface area is 106 Å². The Hall–Kier alpha value is -0.160. The lowest BCUT2D eigenvalue weighted by atomic mass is 9.97. The Bertz CT molecular complexity index is 190. The van der Waals surface area contributed by atoms with Gasteiger partial charge < -0.3 is 14.8 Å². The Kier molecular flexibility index (Phi) is 7.04. The minimum absolute atomic E-state index is 0.112. The quantitative estimate of drug-likeness (QED) is 0.685. The summed E-state index contributed by atoms with van der Waals surface area (Å²) in [5.74, 6) is 0.813. The molecule has 0 atom stereocenters. The molecule has 0 aromatic heterocycles. The van der Waals surface area contributed by atoms with E-state index in [9.17, 15) is 0 Å². The van der Waals surface area contributed by atoms with Crippen LogP contribution in [0, 0.1) is 5.92 Å². The Morgan fingerprint density at radius 2 is 1.76 bits per heavy atom. The van der Waals surface area contributed by atoms with Gasteiger partial charge in [0.05, 0.1) is 0 Å². The zero-order valence-corrected chi connectivity index (χ0v) is 11.7. The molecule has 1 aliphatic rings. The van der Waals surface area contributed by atoms with Gasteiger partial charge in [-0.2, -0.15) is 0 Å². The highest BCUT2D eigenvalue weighted by Crippen LogP contribution is 2.15. The van der Waals surface area contributed by atoms with Gasteiger partial charge in [-0.15, -0.1) is 0 Å². The summed E-state index contributed by atoms with van der Waals surface area (Å²) in [5, 5.41) is 3.41. The van der Waals surface area contributed by atoms with Crippen LogP contribution in [0.2, 0.25) is 0 Å². The summed E-state index contributed by atoms with van der Waals surface area (Å²) >= 11 is 0. The molecule has 17 heavy (non-hydrogen) atoms. The molecule has 0 aliphatic carbocycles. The Balaban J connectivity index is 2.41. The maximum Gasteiger partial charge on any atom is 0.169 e. The van der Waals surface area contributed by atoms with Crippen LogP contribution in [0.3, 0.4) is 0 Å². The number of ether oxygens (including phenoxy) is 2. The zero-order chi connectivity index (χ0) is 12.7. The molecule has 4 heteroatoms. The molecule has 0 aromatic rings. The van der Waals surface area contributed by atoms with E-state index in [0.717, 1.165) is 32.1 Å². The summed E-state index contributed by atoms with van der Waals surface area (Å²) in [4.78, 5) is 2.47. The second-order valence-electron chi connectivity index (χ2n) is 5.14. The molecular formula is C13H28N2O2. The van der Waals surface area contributed by atoms with Crippen LogP contribution >= 0.6 is 0 Å². The van der Waals surface area contributed by atoms with Crippen molar-refractivity contribution in [3.8, 4) is 0 Å². The number of nitrogens with zero attached hydrogens (tertiary/aromatic N) is 1. The third kappa shape index (κ3) is 5.34. The smallest absolute Gasteiger partial charge is 0.169 e. The van der Waals surface area contributed by atoms with Crippen LogP contribution in [-0.2, 0) is 9.47 Å². The van der Waals surface area contributed by atoms with Crippen molar-refractivity contribution in [2.75, 3.05) is 40.4 Å². The second kappa shape index (κ2) is 8.03. The summed E-state index contributed by atoms with van der Waals surface area (Å²) in [7, 11) is 3.41. The summed E-state index contributed by atoms with van der Waals surface area (Å²) < 4.78 is 10.6. The molecule has 1 N–H and O–H groups in total. The molecule has 1 saturated heterocycles. The highest BCUT2D eigenvalue weighted by molar-refractivity contribution is 4.74. The molecule has 1 rings (SSSR count). The fourth-order valence-corrected chi connectivity index (χ4v) is 2.33. The van der Waals surface area contributed by atoms with Gasteiger partial charge in [-0.3, -0.25) is 4.90 Å². The molecule has 1 aliphatic heterocycles. The van der Waals surface area contributed by atoms with Crippen molar-refractivity contribution in [3.05, 3.63) is 0 Å². The van der Waals surface area contributed by atoms with E-state index in [2.05, 4.69) is 24.1 Å². The average Bonchev–Trinajstić information content (AvgIpc) is 2.35. The number of hydrogen-bond acceptors (Lipinski definition) is 4. The summed E-state index contributed by atoms with van der Waals surface area (Å²) in [6.45, 7) is 8.81. The van der Waals surface area contributed by atoms with E-state index < -0.39 is 0 Å². The lowest BCUT2D eigenvalue weighted by Crippen LogP contribution is -2.43. The van der Waals surface area contributed by atoms with Crippen LogP contribution in [0.15, 0.2) is 0 Å². The predicted molar refractivity (Wildman–Crippen MR) is 70.1 cm³/mol. The van der Waals surface area contributed by atoms with Gasteiger partial charge in [0.25, 0.3) is 0 Å². The number of hydrogen-bond donors (Lipinski definition) is 1. The van der Waals surface area contributed by atoms with Crippen molar-refractivity contribution in [1.82, 2.24) is 10.2 Å². The molecule has 102 valence electrons. The summed E-state index contributed by atoms with van der Waals surface area (Å²) in [6.07, 6.45) is 2.46.